The highest BCUT2D eigenvalue weighted by Gasteiger charge is 2.51. The third kappa shape index (κ3) is 2.39. The van der Waals surface area contributed by atoms with Crippen LogP contribution in [-0.4, -0.2) is 12.6 Å². The Balaban J connectivity index is 1.68. The van der Waals surface area contributed by atoms with E-state index in [4.69, 9.17) is 0 Å². The first kappa shape index (κ1) is 12.7. The van der Waals surface area contributed by atoms with Gasteiger partial charge in [0.2, 0.25) is 0 Å². The van der Waals surface area contributed by atoms with Gasteiger partial charge in [-0.2, -0.15) is 0 Å². The predicted octanol–water partition coefficient (Wildman–Crippen LogP) is 4.15. The van der Waals surface area contributed by atoms with Crippen LogP contribution in [0.5, 0.6) is 0 Å². The van der Waals surface area contributed by atoms with Crippen molar-refractivity contribution < 1.29 is 0 Å². The largest absolute Gasteiger partial charge is 0.314 e. The van der Waals surface area contributed by atoms with Crippen LogP contribution in [0.15, 0.2) is 12.7 Å². The third-order valence-corrected chi connectivity index (χ3v) is 5.79. The number of hydrogen-bond acceptors (Lipinski definition) is 1. The molecule has 0 amide bonds. The zero-order valence-electron chi connectivity index (χ0n) is 12.0. The van der Waals surface area contributed by atoms with Crippen molar-refractivity contribution in [1.82, 2.24) is 5.32 Å². The minimum absolute atomic E-state index is 0.684. The lowest BCUT2D eigenvalue weighted by Gasteiger charge is -2.57. The Kier molecular flexibility index (Phi) is 3.53. The summed E-state index contributed by atoms with van der Waals surface area (Å²) in [7, 11) is 0. The van der Waals surface area contributed by atoms with Gasteiger partial charge < -0.3 is 5.32 Å². The summed E-state index contributed by atoms with van der Waals surface area (Å²) in [5.74, 6) is 3.26. The number of nitrogens with one attached hydrogen (secondary N) is 1. The monoisotopic (exact) mass is 247 g/mol. The van der Waals surface area contributed by atoms with Gasteiger partial charge in [-0.25, -0.2) is 0 Å². The summed E-state index contributed by atoms with van der Waals surface area (Å²) in [5, 5.41) is 3.69. The van der Waals surface area contributed by atoms with Gasteiger partial charge >= 0.3 is 0 Å². The molecule has 4 aliphatic carbocycles. The highest BCUT2D eigenvalue weighted by Crippen LogP contribution is 2.61. The molecule has 4 bridgehead atoms. The van der Waals surface area contributed by atoms with E-state index >= 15 is 0 Å². The molecule has 4 rings (SSSR count). The molecule has 102 valence electrons. The first-order valence-corrected chi connectivity index (χ1v) is 8.07. The molecule has 0 heterocycles. The SMILES string of the molecule is C=CCC(CC12CC3CC(CC(C3)C1)C2)NCC. The Morgan fingerprint density at radius 1 is 1.17 bits per heavy atom. The van der Waals surface area contributed by atoms with E-state index < -0.39 is 0 Å². The normalized spacial score (nSPS) is 43.1. The van der Waals surface area contributed by atoms with Gasteiger partial charge in [-0.05, 0) is 81.1 Å². The zero-order chi connectivity index (χ0) is 12.6. The van der Waals surface area contributed by atoms with Crippen LogP contribution >= 0.6 is 0 Å². The van der Waals surface area contributed by atoms with Crippen LogP contribution in [0.3, 0.4) is 0 Å². The molecule has 1 nitrogen and oxygen atoms in total. The first-order valence-electron chi connectivity index (χ1n) is 8.07. The fraction of sp³-hybridized carbons (Fsp3) is 0.882. The molecule has 4 aliphatic rings. The minimum atomic E-state index is 0.684. The molecular weight excluding hydrogens is 218 g/mol. The first-order chi connectivity index (χ1) is 8.73. The van der Waals surface area contributed by atoms with Crippen molar-refractivity contribution >= 4 is 0 Å². The summed E-state index contributed by atoms with van der Waals surface area (Å²) in [4.78, 5) is 0. The summed E-state index contributed by atoms with van der Waals surface area (Å²) >= 11 is 0. The average Bonchev–Trinajstić information content (AvgIpc) is 2.26. The molecule has 1 N–H and O–H groups in total. The third-order valence-electron chi connectivity index (χ3n) is 5.79. The molecule has 0 spiro atoms. The van der Waals surface area contributed by atoms with Crippen LogP contribution in [0.25, 0.3) is 0 Å². The maximum absolute atomic E-state index is 3.94. The minimum Gasteiger partial charge on any atom is -0.314 e. The number of rotatable bonds is 6. The standard InChI is InChI=1S/C17H29N/c1-3-5-16(18-4-2)12-17-9-13-6-14(10-17)8-15(7-13)11-17/h3,13-16,18H,1,4-12H2,2H3. The van der Waals surface area contributed by atoms with Gasteiger partial charge in [0.05, 0.1) is 0 Å². The van der Waals surface area contributed by atoms with Crippen molar-refractivity contribution in [2.75, 3.05) is 6.54 Å². The highest BCUT2D eigenvalue weighted by atomic mass is 14.9. The lowest BCUT2D eigenvalue weighted by atomic mass is 9.48. The molecule has 1 atom stereocenters. The van der Waals surface area contributed by atoms with E-state index in [1.54, 1.807) is 38.5 Å². The van der Waals surface area contributed by atoms with Crippen LogP contribution in [0.2, 0.25) is 0 Å². The smallest absolute Gasteiger partial charge is 0.0107 e. The molecule has 18 heavy (non-hydrogen) atoms. The Morgan fingerprint density at radius 2 is 1.72 bits per heavy atom. The van der Waals surface area contributed by atoms with Crippen molar-refractivity contribution in [3.05, 3.63) is 12.7 Å². The Bertz CT molecular complexity index is 271. The van der Waals surface area contributed by atoms with E-state index in [-0.39, 0.29) is 0 Å². The second kappa shape index (κ2) is 5.00. The van der Waals surface area contributed by atoms with Gasteiger partial charge in [0.25, 0.3) is 0 Å². The molecule has 0 saturated heterocycles. The molecule has 0 aromatic heterocycles. The van der Waals surface area contributed by atoms with E-state index in [1.807, 2.05) is 0 Å². The molecule has 0 radical (unpaired) electrons. The second-order valence-electron chi connectivity index (χ2n) is 7.40. The maximum atomic E-state index is 3.94. The Labute approximate surface area is 112 Å². The number of hydrogen-bond donors (Lipinski definition) is 1. The maximum Gasteiger partial charge on any atom is 0.0107 e. The molecular formula is C17H29N. The van der Waals surface area contributed by atoms with Gasteiger partial charge in [-0.1, -0.05) is 13.0 Å². The highest BCUT2D eigenvalue weighted by molar-refractivity contribution is 5.03. The van der Waals surface area contributed by atoms with E-state index in [9.17, 15) is 0 Å². The van der Waals surface area contributed by atoms with Crippen LogP contribution in [0.4, 0.5) is 0 Å². The molecule has 4 saturated carbocycles. The van der Waals surface area contributed by atoms with E-state index in [0.717, 1.165) is 30.7 Å². The summed E-state index contributed by atoms with van der Waals surface area (Å²) < 4.78 is 0. The van der Waals surface area contributed by atoms with Gasteiger partial charge in [-0.15, -0.1) is 6.58 Å². The molecule has 0 aromatic rings. The fourth-order valence-electron chi connectivity index (χ4n) is 5.79. The molecule has 1 unspecified atom stereocenters. The summed E-state index contributed by atoms with van der Waals surface area (Å²) in [5.41, 5.74) is 0.713. The van der Waals surface area contributed by atoms with Gasteiger partial charge in [-0.3, -0.25) is 0 Å². The summed E-state index contributed by atoms with van der Waals surface area (Å²) in [6.45, 7) is 7.27. The van der Waals surface area contributed by atoms with E-state index in [2.05, 4.69) is 24.9 Å². The fourth-order valence-corrected chi connectivity index (χ4v) is 5.79. The lowest BCUT2D eigenvalue weighted by Crippen LogP contribution is -2.48. The quantitative estimate of drug-likeness (QED) is 0.695. The van der Waals surface area contributed by atoms with Crippen LogP contribution < -0.4 is 5.32 Å². The van der Waals surface area contributed by atoms with Crippen molar-refractivity contribution in [3.63, 3.8) is 0 Å². The topological polar surface area (TPSA) is 12.0 Å². The van der Waals surface area contributed by atoms with Crippen LogP contribution in [0.1, 0.15) is 58.3 Å². The van der Waals surface area contributed by atoms with Crippen molar-refractivity contribution in [2.24, 2.45) is 23.2 Å². The Morgan fingerprint density at radius 3 is 2.17 bits per heavy atom. The van der Waals surface area contributed by atoms with Gasteiger partial charge in [0.1, 0.15) is 0 Å². The Hall–Kier alpha value is -0.300. The van der Waals surface area contributed by atoms with Crippen LogP contribution in [0, 0.1) is 23.2 Å². The van der Waals surface area contributed by atoms with Crippen molar-refractivity contribution in [2.45, 2.75) is 64.3 Å². The van der Waals surface area contributed by atoms with Gasteiger partial charge in [0.15, 0.2) is 0 Å². The molecule has 0 aromatic carbocycles. The van der Waals surface area contributed by atoms with Crippen LogP contribution in [-0.2, 0) is 0 Å². The summed E-state index contributed by atoms with van der Waals surface area (Å²) in [6.07, 6.45) is 14.0. The molecule has 4 fully saturated rings. The van der Waals surface area contributed by atoms with E-state index in [0.29, 0.717) is 11.5 Å². The van der Waals surface area contributed by atoms with Crippen molar-refractivity contribution in [3.8, 4) is 0 Å². The van der Waals surface area contributed by atoms with E-state index in [1.165, 1.54) is 6.42 Å². The second-order valence-corrected chi connectivity index (χ2v) is 7.40. The van der Waals surface area contributed by atoms with Gasteiger partial charge in [0, 0.05) is 6.04 Å². The lowest BCUT2D eigenvalue weighted by molar-refractivity contribution is -0.0617. The summed E-state index contributed by atoms with van der Waals surface area (Å²) in [6, 6.07) is 0.684. The zero-order valence-corrected chi connectivity index (χ0v) is 12.0. The van der Waals surface area contributed by atoms with Crippen molar-refractivity contribution in [1.29, 1.82) is 0 Å². The average molecular weight is 247 g/mol. The molecule has 1 heteroatoms. The predicted molar refractivity (Wildman–Crippen MR) is 77.5 cm³/mol. The molecule has 0 aliphatic heterocycles.